The Bertz CT molecular complexity index is 1090. The normalized spacial score (nSPS) is 18.8. The van der Waals surface area contributed by atoms with Crippen molar-refractivity contribution in [2.24, 2.45) is 11.8 Å². The largest absolute Gasteiger partial charge is 0.504 e. The molecule has 0 aliphatic heterocycles. The van der Waals surface area contributed by atoms with E-state index in [1.807, 2.05) is 6.07 Å². The summed E-state index contributed by atoms with van der Waals surface area (Å²) in [5.41, 5.74) is 8.33. The van der Waals surface area contributed by atoms with Gasteiger partial charge in [0.1, 0.15) is 18.0 Å². The van der Waals surface area contributed by atoms with Gasteiger partial charge in [0.05, 0.1) is 7.11 Å². The molecule has 0 radical (unpaired) electrons. The molecular formula is C29H40N2O7. The Morgan fingerprint density at radius 3 is 2.39 bits per heavy atom. The van der Waals surface area contributed by atoms with Crippen molar-refractivity contribution in [1.82, 2.24) is 4.98 Å². The van der Waals surface area contributed by atoms with Gasteiger partial charge in [-0.05, 0) is 84.9 Å². The molecule has 9 heteroatoms. The van der Waals surface area contributed by atoms with Gasteiger partial charge in [-0.25, -0.2) is 4.98 Å². The summed E-state index contributed by atoms with van der Waals surface area (Å²) >= 11 is 0. The number of aliphatic hydroxyl groups is 1. The third-order valence-corrected chi connectivity index (χ3v) is 7.29. The van der Waals surface area contributed by atoms with Gasteiger partial charge in [0.15, 0.2) is 11.5 Å². The SMILES string of the molecule is COc1cc(CC[C@H](C[C@H](C[C@H]2CCCC[C@@H]2CO)OC(C)=O)OC(C)=O)c(-c2ccnc(N)c2)cc1O. The second-order valence-corrected chi connectivity index (χ2v) is 10.1. The number of nitrogen functional groups attached to an aromatic ring is 1. The molecule has 1 heterocycles. The molecule has 1 aromatic heterocycles. The Kier molecular flexibility index (Phi) is 10.8. The quantitative estimate of drug-likeness (QED) is 0.341. The van der Waals surface area contributed by atoms with Crippen LogP contribution in [0.1, 0.15) is 64.4 Å². The number of nitrogens with zero attached hydrogens (tertiary/aromatic N) is 1. The fourth-order valence-corrected chi connectivity index (χ4v) is 5.53. The number of phenolic OH excluding ortho intramolecular Hbond substituents is 1. The number of carbonyl (C=O) groups excluding carboxylic acids is 2. The minimum Gasteiger partial charge on any atom is -0.504 e. The number of carbonyl (C=O) groups is 2. The lowest BCUT2D eigenvalue weighted by molar-refractivity contribution is -0.154. The smallest absolute Gasteiger partial charge is 0.302 e. The van der Waals surface area contributed by atoms with E-state index in [4.69, 9.17) is 19.9 Å². The fraction of sp³-hybridized carbons (Fsp3) is 0.552. The van der Waals surface area contributed by atoms with E-state index >= 15 is 0 Å². The molecule has 1 aliphatic carbocycles. The molecule has 1 aliphatic rings. The number of aromatic hydroxyl groups is 1. The number of phenols is 1. The van der Waals surface area contributed by atoms with Crippen LogP contribution in [0.25, 0.3) is 11.1 Å². The molecule has 3 rings (SSSR count). The van der Waals surface area contributed by atoms with Gasteiger partial charge in [0.2, 0.25) is 0 Å². The minimum absolute atomic E-state index is 0.000915. The first kappa shape index (κ1) is 29.2. The zero-order chi connectivity index (χ0) is 27.7. The fourth-order valence-electron chi connectivity index (χ4n) is 5.53. The molecule has 38 heavy (non-hydrogen) atoms. The van der Waals surface area contributed by atoms with Crippen molar-refractivity contribution in [3.05, 3.63) is 36.0 Å². The lowest BCUT2D eigenvalue weighted by Crippen LogP contribution is -2.32. The van der Waals surface area contributed by atoms with Crippen LogP contribution in [-0.4, -0.2) is 53.1 Å². The van der Waals surface area contributed by atoms with Crippen molar-refractivity contribution in [2.75, 3.05) is 19.5 Å². The van der Waals surface area contributed by atoms with Crippen molar-refractivity contribution >= 4 is 17.8 Å². The average Bonchev–Trinajstić information content (AvgIpc) is 2.87. The van der Waals surface area contributed by atoms with E-state index < -0.39 is 18.2 Å². The van der Waals surface area contributed by atoms with Gasteiger partial charge in [-0.2, -0.15) is 0 Å². The van der Waals surface area contributed by atoms with Crippen molar-refractivity contribution in [2.45, 2.75) is 77.4 Å². The van der Waals surface area contributed by atoms with Crippen molar-refractivity contribution < 1.29 is 34.0 Å². The van der Waals surface area contributed by atoms with Crippen LogP contribution in [0.3, 0.4) is 0 Å². The van der Waals surface area contributed by atoms with E-state index in [0.29, 0.717) is 37.3 Å². The topological polar surface area (TPSA) is 141 Å². The van der Waals surface area contributed by atoms with Crippen LogP contribution in [0.2, 0.25) is 0 Å². The molecule has 0 spiro atoms. The number of pyridine rings is 1. The van der Waals surface area contributed by atoms with Gasteiger partial charge in [-0.15, -0.1) is 0 Å². The number of benzene rings is 1. The Balaban J connectivity index is 1.82. The highest BCUT2D eigenvalue weighted by molar-refractivity contribution is 5.72. The first-order valence-corrected chi connectivity index (χ1v) is 13.3. The van der Waals surface area contributed by atoms with Crippen molar-refractivity contribution in [3.63, 3.8) is 0 Å². The van der Waals surface area contributed by atoms with Crippen LogP contribution in [-0.2, 0) is 25.5 Å². The molecule has 1 fully saturated rings. The van der Waals surface area contributed by atoms with Crippen LogP contribution in [0.4, 0.5) is 5.82 Å². The van der Waals surface area contributed by atoms with Gasteiger partial charge >= 0.3 is 11.9 Å². The summed E-state index contributed by atoms with van der Waals surface area (Å²) in [7, 11) is 1.49. The van der Waals surface area contributed by atoms with Crippen LogP contribution in [0, 0.1) is 11.8 Å². The summed E-state index contributed by atoms with van der Waals surface area (Å²) in [6.45, 7) is 2.87. The summed E-state index contributed by atoms with van der Waals surface area (Å²) in [5.74, 6) is 0.338. The van der Waals surface area contributed by atoms with Crippen LogP contribution in [0.15, 0.2) is 30.5 Å². The maximum absolute atomic E-state index is 12.0. The molecule has 1 aromatic carbocycles. The Morgan fingerprint density at radius 2 is 1.76 bits per heavy atom. The Labute approximate surface area is 224 Å². The number of nitrogens with two attached hydrogens (primary N) is 1. The summed E-state index contributed by atoms with van der Waals surface area (Å²) in [4.78, 5) is 28.0. The van der Waals surface area contributed by atoms with Crippen molar-refractivity contribution in [1.29, 1.82) is 0 Å². The van der Waals surface area contributed by atoms with Crippen LogP contribution >= 0.6 is 0 Å². The molecule has 0 unspecified atom stereocenters. The Hall–Kier alpha value is -3.33. The van der Waals surface area contributed by atoms with E-state index in [1.165, 1.54) is 21.0 Å². The Morgan fingerprint density at radius 1 is 1.08 bits per heavy atom. The standard InChI is InChI=1S/C29H40N2O7/c1-18(33)37-24(15-25(38-19(2)34)12-20-6-4-5-7-23(20)17-32)9-8-21-13-28(36-3)27(35)16-26(21)22-10-11-31-29(30)14-22/h10-11,13-14,16,20,23-25,32,35H,4-9,12,15,17H2,1-3H3,(H2,30,31)/t20-,23-,24-,25+/m1/s1. The first-order valence-electron chi connectivity index (χ1n) is 13.3. The predicted octanol–water partition coefficient (Wildman–Crippen LogP) is 4.42. The minimum atomic E-state index is -0.497. The van der Waals surface area contributed by atoms with E-state index in [1.54, 1.807) is 24.4 Å². The average molecular weight is 529 g/mol. The highest BCUT2D eigenvalue weighted by Crippen LogP contribution is 2.37. The molecule has 4 atom stereocenters. The third kappa shape index (κ3) is 8.34. The number of hydrogen-bond donors (Lipinski definition) is 3. The van der Waals surface area contributed by atoms with Crippen LogP contribution in [0.5, 0.6) is 11.5 Å². The zero-order valence-electron chi connectivity index (χ0n) is 22.5. The maximum atomic E-state index is 12.0. The third-order valence-electron chi connectivity index (χ3n) is 7.29. The summed E-state index contributed by atoms with van der Waals surface area (Å²) in [6.07, 6.45) is 6.76. The summed E-state index contributed by atoms with van der Waals surface area (Å²) in [6, 6.07) is 6.93. The predicted molar refractivity (Wildman–Crippen MR) is 143 cm³/mol. The summed E-state index contributed by atoms with van der Waals surface area (Å²) < 4.78 is 16.7. The van der Waals surface area contributed by atoms with Crippen molar-refractivity contribution in [3.8, 4) is 22.6 Å². The highest BCUT2D eigenvalue weighted by Gasteiger charge is 2.30. The van der Waals surface area contributed by atoms with Gasteiger partial charge in [-0.1, -0.05) is 12.8 Å². The number of esters is 2. The molecule has 9 nitrogen and oxygen atoms in total. The monoisotopic (exact) mass is 528 g/mol. The number of ether oxygens (including phenoxy) is 3. The van der Waals surface area contributed by atoms with E-state index in [9.17, 15) is 19.8 Å². The second-order valence-electron chi connectivity index (χ2n) is 10.1. The number of hydrogen-bond acceptors (Lipinski definition) is 9. The molecule has 2 aromatic rings. The zero-order valence-corrected chi connectivity index (χ0v) is 22.5. The number of anilines is 1. The summed E-state index contributed by atoms with van der Waals surface area (Å²) in [5, 5.41) is 20.3. The van der Waals surface area contributed by atoms with Crippen LogP contribution < -0.4 is 10.5 Å². The number of aromatic nitrogens is 1. The molecule has 0 amide bonds. The van der Waals surface area contributed by atoms with Gasteiger partial charge in [0, 0.05) is 33.1 Å². The first-order chi connectivity index (χ1) is 18.2. The lowest BCUT2D eigenvalue weighted by Gasteiger charge is -2.33. The number of aliphatic hydroxyl groups excluding tert-OH is 1. The van der Waals surface area contributed by atoms with E-state index in [0.717, 1.165) is 42.4 Å². The van der Waals surface area contributed by atoms with Gasteiger partial charge < -0.3 is 30.2 Å². The second kappa shape index (κ2) is 14.0. The van der Waals surface area contributed by atoms with E-state index in [-0.39, 0.29) is 30.2 Å². The molecule has 208 valence electrons. The molecule has 0 bridgehead atoms. The van der Waals surface area contributed by atoms with Gasteiger partial charge in [-0.3, -0.25) is 9.59 Å². The van der Waals surface area contributed by atoms with Gasteiger partial charge in [0.25, 0.3) is 0 Å². The molecule has 4 N–H and O–H groups in total. The highest BCUT2D eigenvalue weighted by atomic mass is 16.6. The van der Waals surface area contributed by atoms with E-state index in [2.05, 4.69) is 4.98 Å². The molecule has 0 saturated heterocycles. The number of rotatable bonds is 12. The number of aryl methyl sites for hydroxylation is 1. The molecular weight excluding hydrogens is 488 g/mol. The maximum Gasteiger partial charge on any atom is 0.302 e. The number of methoxy groups -OCH3 is 1. The lowest BCUT2D eigenvalue weighted by atomic mass is 9.76. The molecule has 1 saturated carbocycles.